The first-order chi connectivity index (χ1) is 31.3. The summed E-state index contributed by atoms with van der Waals surface area (Å²) in [6.45, 7) is 0.775. The Labute approximate surface area is 376 Å². The van der Waals surface area contributed by atoms with E-state index in [0.29, 0.717) is 16.8 Å². The van der Waals surface area contributed by atoms with Crippen molar-refractivity contribution in [3.8, 4) is 16.9 Å². The molecule has 3 aliphatic rings. The van der Waals surface area contributed by atoms with Crippen molar-refractivity contribution in [2.45, 2.75) is 94.8 Å². The van der Waals surface area contributed by atoms with Crippen molar-refractivity contribution in [3.05, 3.63) is 113 Å². The summed E-state index contributed by atoms with van der Waals surface area (Å²) in [6.07, 6.45) is -10.5. The lowest BCUT2D eigenvalue weighted by Crippen LogP contribution is -2.52. The van der Waals surface area contributed by atoms with E-state index in [1.165, 1.54) is 48.7 Å². The molecule has 8 rings (SSSR count). The lowest BCUT2D eigenvalue weighted by molar-refractivity contribution is -0.218. The molecule has 0 spiro atoms. The van der Waals surface area contributed by atoms with Crippen LogP contribution in [-0.4, -0.2) is 83.5 Å². The number of carbonyl (C=O) groups is 3. The summed E-state index contributed by atoms with van der Waals surface area (Å²) in [5.41, 5.74) is -5.74. The molecule has 2 atom stereocenters. The van der Waals surface area contributed by atoms with Gasteiger partial charge in [-0.15, -0.1) is 5.10 Å². The Bertz CT molecular complexity index is 2640. The fourth-order valence-electron chi connectivity index (χ4n) is 7.41. The molecule has 2 fully saturated rings. The molecule has 2 saturated carbocycles. The van der Waals surface area contributed by atoms with Gasteiger partial charge < -0.3 is 14.8 Å². The average molecular weight is 945 g/mol. The second-order valence-corrected chi connectivity index (χ2v) is 17.2. The van der Waals surface area contributed by atoms with Gasteiger partial charge in [0, 0.05) is 12.1 Å². The Hall–Kier alpha value is -6.58. The molecule has 0 unspecified atom stereocenters. The Balaban J connectivity index is 1.25. The number of aliphatic imine (C=N–C) groups is 1. The van der Waals surface area contributed by atoms with Crippen molar-refractivity contribution >= 4 is 35.7 Å². The molecule has 0 saturated heterocycles. The minimum Gasteiger partial charge on any atom is -0.444 e. The highest BCUT2D eigenvalue weighted by Gasteiger charge is 2.60. The molecule has 5 aromatic rings. The van der Waals surface area contributed by atoms with Gasteiger partial charge in [0.15, 0.2) is 11.1 Å². The molecule has 23 heteroatoms. The molecule has 3 heterocycles. The monoisotopic (exact) mass is 944 g/mol. The molecular weight excluding hydrogens is 905 g/mol. The standard InChI is InChI=1S/C43H40ClF7N10O5/c1-40(2,43(49,50)51)22-42(27-11-8-25(9-12-27)30-19-54-61(57-30)28-13-14-28)36(62)60(37(56-42)55-39(64)65-21-24-6-4-3-5-7-24)32(20-52-38(63)66-41(16-17-41)35(47)48)26-10-15-29(44)31(18-26)59-23-53-34(58-59)33(45)46/h3-12,15,18-19,23,28,32-33,35H,13-14,16-17,20-22H2,1-2H3,(H,52,63)(H,55,56,64)/t32-,42-/m1/s1. The zero-order chi connectivity index (χ0) is 47.2. The molecular formula is C43H40ClF7N10O5. The maximum absolute atomic E-state index is 15.6. The van der Waals surface area contributed by atoms with E-state index < -0.39 is 84.5 Å². The van der Waals surface area contributed by atoms with E-state index >= 15 is 4.79 Å². The quantitative estimate of drug-likeness (QED) is 0.0973. The number of nitrogens with zero attached hydrogens (tertiary/aromatic N) is 8. The number of carbonyl (C=O) groups excluding carboxylic acids is 3. The Morgan fingerprint density at radius 2 is 1.67 bits per heavy atom. The molecule has 0 radical (unpaired) electrons. The SMILES string of the molecule is CC(C)(C[C@]1(c2ccc(-c3cnn(C4CC4)n3)cc2)N=C(NC(=O)OCc2ccccc2)N([C@H](CNC(=O)OC2(C(F)F)CC2)c2ccc(Cl)c(-n3cnc(C(F)F)n3)c2)C1=O)C(F)(F)F. The number of halogens is 8. The number of alkyl halides is 7. The van der Waals surface area contributed by atoms with Gasteiger partial charge >= 0.3 is 18.4 Å². The van der Waals surface area contributed by atoms with Crippen LogP contribution in [0.5, 0.6) is 0 Å². The van der Waals surface area contributed by atoms with E-state index in [1.807, 2.05) is 0 Å². The zero-order valence-corrected chi connectivity index (χ0v) is 35.7. The number of rotatable bonds is 15. The van der Waals surface area contributed by atoms with Crippen LogP contribution in [0.15, 0.2) is 90.3 Å². The predicted octanol–water partition coefficient (Wildman–Crippen LogP) is 9.02. The van der Waals surface area contributed by atoms with Crippen molar-refractivity contribution in [2.24, 2.45) is 10.4 Å². The first-order valence-electron chi connectivity index (χ1n) is 20.5. The summed E-state index contributed by atoms with van der Waals surface area (Å²) < 4.78 is 111. The average Bonchev–Trinajstić information content (AvgIpc) is 4.14. The van der Waals surface area contributed by atoms with Crippen molar-refractivity contribution in [2.75, 3.05) is 6.54 Å². The van der Waals surface area contributed by atoms with Gasteiger partial charge in [-0.2, -0.15) is 28.2 Å². The highest BCUT2D eigenvalue weighted by Crippen LogP contribution is 2.51. The molecule has 2 N–H and O–H groups in total. The fourth-order valence-corrected chi connectivity index (χ4v) is 7.61. The predicted molar refractivity (Wildman–Crippen MR) is 220 cm³/mol. The van der Waals surface area contributed by atoms with Gasteiger partial charge in [0.2, 0.25) is 11.8 Å². The lowest BCUT2D eigenvalue weighted by atomic mass is 9.74. The fraction of sp³-hybridized carbons (Fsp3) is 0.395. The molecule has 348 valence electrons. The Morgan fingerprint density at radius 3 is 2.29 bits per heavy atom. The minimum absolute atomic E-state index is 0.0132. The van der Waals surface area contributed by atoms with Gasteiger partial charge in [-0.05, 0) is 60.9 Å². The number of nitrogens with one attached hydrogen (secondary N) is 2. The summed E-state index contributed by atoms with van der Waals surface area (Å²) in [7, 11) is 0. The first-order valence-corrected chi connectivity index (χ1v) is 20.9. The Morgan fingerprint density at radius 1 is 0.955 bits per heavy atom. The van der Waals surface area contributed by atoms with Crippen LogP contribution in [0, 0.1) is 5.41 Å². The minimum atomic E-state index is -4.92. The molecule has 3 aromatic carbocycles. The maximum atomic E-state index is 15.6. The second-order valence-electron chi connectivity index (χ2n) is 16.8. The van der Waals surface area contributed by atoms with Gasteiger partial charge in [0.05, 0.1) is 34.4 Å². The number of amides is 3. The number of guanidine groups is 1. The molecule has 3 amide bonds. The van der Waals surface area contributed by atoms with Crippen molar-refractivity contribution < 1.29 is 54.6 Å². The van der Waals surface area contributed by atoms with Crippen LogP contribution >= 0.6 is 11.6 Å². The van der Waals surface area contributed by atoms with E-state index in [-0.39, 0.29) is 47.3 Å². The van der Waals surface area contributed by atoms with Gasteiger partial charge in [-0.1, -0.05) is 86.1 Å². The normalized spacial score (nSPS) is 18.6. The van der Waals surface area contributed by atoms with Crippen molar-refractivity contribution in [1.29, 1.82) is 0 Å². The van der Waals surface area contributed by atoms with Gasteiger partial charge in [-0.25, -0.2) is 41.8 Å². The first kappa shape index (κ1) is 46.0. The number of ether oxygens (including phenoxy) is 2. The molecule has 2 aliphatic carbocycles. The summed E-state index contributed by atoms with van der Waals surface area (Å²) in [4.78, 5) is 53.1. The second kappa shape index (κ2) is 17.7. The number of hydrogen-bond donors (Lipinski definition) is 2. The van der Waals surface area contributed by atoms with Gasteiger partial charge in [0.25, 0.3) is 18.8 Å². The summed E-state index contributed by atoms with van der Waals surface area (Å²) in [5.74, 6) is -2.62. The topological polar surface area (TPSA) is 171 Å². The zero-order valence-electron chi connectivity index (χ0n) is 35.0. The van der Waals surface area contributed by atoms with Gasteiger partial charge in [0.1, 0.15) is 18.6 Å². The van der Waals surface area contributed by atoms with Crippen LogP contribution in [0.3, 0.4) is 0 Å². The molecule has 2 aromatic heterocycles. The lowest BCUT2D eigenvalue weighted by Gasteiger charge is -2.37. The van der Waals surface area contributed by atoms with E-state index in [2.05, 4.69) is 35.9 Å². The van der Waals surface area contributed by atoms with Crippen LogP contribution in [0.1, 0.15) is 87.0 Å². The van der Waals surface area contributed by atoms with Crippen LogP contribution in [-0.2, 0) is 26.4 Å². The molecule has 0 bridgehead atoms. The van der Waals surface area contributed by atoms with E-state index in [1.54, 1.807) is 35.1 Å². The number of hydrogen-bond acceptors (Lipinski definition) is 10. The van der Waals surface area contributed by atoms with Crippen LogP contribution in [0.2, 0.25) is 5.02 Å². The summed E-state index contributed by atoms with van der Waals surface area (Å²) >= 11 is 6.52. The van der Waals surface area contributed by atoms with Crippen LogP contribution in [0.25, 0.3) is 16.9 Å². The molecule has 15 nitrogen and oxygen atoms in total. The van der Waals surface area contributed by atoms with E-state index in [4.69, 9.17) is 21.1 Å². The van der Waals surface area contributed by atoms with Crippen molar-refractivity contribution in [3.63, 3.8) is 0 Å². The highest BCUT2D eigenvalue weighted by atomic mass is 35.5. The Kier molecular flexibility index (Phi) is 12.3. The van der Waals surface area contributed by atoms with Crippen molar-refractivity contribution in [1.82, 2.24) is 45.3 Å². The molecule has 66 heavy (non-hydrogen) atoms. The largest absolute Gasteiger partial charge is 0.444 e. The smallest absolute Gasteiger partial charge is 0.414 e. The maximum Gasteiger partial charge on any atom is 0.414 e. The summed E-state index contributed by atoms with van der Waals surface area (Å²) in [6, 6.07) is 16.8. The van der Waals surface area contributed by atoms with Gasteiger partial charge in [-0.3, -0.25) is 15.0 Å². The third-order valence-electron chi connectivity index (χ3n) is 11.5. The third kappa shape index (κ3) is 9.40. The molecule has 1 aliphatic heterocycles. The highest BCUT2D eigenvalue weighted by molar-refractivity contribution is 6.32. The van der Waals surface area contributed by atoms with E-state index in [9.17, 15) is 40.3 Å². The third-order valence-corrected chi connectivity index (χ3v) is 11.8. The number of aromatic nitrogens is 6. The van der Waals surface area contributed by atoms with Crippen LogP contribution in [0.4, 0.5) is 40.3 Å². The number of benzene rings is 3. The summed E-state index contributed by atoms with van der Waals surface area (Å²) in [5, 5.41) is 17.3. The number of alkyl carbamates (subject to hydrolysis) is 2. The van der Waals surface area contributed by atoms with E-state index in [0.717, 1.165) is 42.6 Å². The van der Waals surface area contributed by atoms with Crippen LogP contribution < -0.4 is 10.6 Å².